The second-order valence-electron chi connectivity index (χ2n) is 9.89. The molecule has 38 heavy (non-hydrogen) atoms. The predicted octanol–water partition coefficient (Wildman–Crippen LogP) is 5.30. The van der Waals surface area contributed by atoms with Gasteiger partial charge in [-0.15, -0.1) is 0 Å². The molecule has 3 aromatic carbocycles. The molecule has 5 rings (SSSR count). The van der Waals surface area contributed by atoms with E-state index < -0.39 is 0 Å². The molecular weight excluding hydrogens is 483 g/mol. The average Bonchev–Trinajstić information content (AvgIpc) is 2.96. The minimum atomic E-state index is -0.343. The Kier molecular flexibility index (Phi) is 9.12. The summed E-state index contributed by atoms with van der Waals surface area (Å²) in [6.45, 7) is 5.97. The molecule has 2 aliphatic rings. The molecular formula is C31H37FN2O4. The summed E-state index contributed by atoms with van der Waals surface area (Å²) in [5.41, 5.74) is 4.56. The van der Waals surface area contributed by atoms with Gasteiger partial charge in [0.05, 0.1) is 24.9 Å². The topological polar surface area (TPSA) is 52.2 Å². The Morgan fingerprint density at radius 2 is 1.87 bits per heavy atom. The largest absolute Gasteiger partial charge is 0.490 e. The molecule has 0 amide bonds. The van der Waals surface area contributed by atoms with Crippen molar-refractivity contribution < 1.29 is 23.3 Å². The van der Waals surface area contributed by atoms with Crippen molar-refractivity contribution in [3.05, 3.63) is 89.2 Å². The number of hydrogen-bond acceptors (Lipinski definition) is 6. The fourth-order valence-corrected chi connectivity index (χ4v) is 5.21. The summed E-state index contributed by atoms with van der Waals surface area (Å²) < 4.78 is 37.1. The number of nitrogens with one attached hydrogen (secondary N) is 1. The Morgan fingerprint density at radius 3 is 2.71 bits per heavy atom. The molecule has 2 aliphatic heterocycles. The van der Waals surface area contributed by atoms with Crippen LogP contribution in [0.5, 0.6) is 11.5 Å². The third-order valence-corrected chi connectivity index (χ3v) is 7.29. The molecule has 0 spiro atoms. The molecule has 1 N–H and O–H groups in total. The molecule has 0 radical (unpaired) electrons. The second-order valence-corrected chi connectivity index (χ2v) is 9.89. The molecule has 202 valence electrons. The minimum absolute atomic E-state index is 0.0781. The summed E-state index contributed by atoms with van der Waals surface area (Å²) in [4.78, 5) is 2.38. The SMILES string of the molecule is COCCCN1CCOc2ccc(CO[C@H]3CNCC[C@@H]3c3ccc(COc4ccccc4F)cc3)cc21. The normalized spacial score (nSPS) is 19.1. The number of anilines is 1. The van der Waals surface area contributed by atoms with Crippen molar-refractivity contribution in [1.82, 2.24) is 5.32 Å². The third kappa shape index (κ3) is 6.65. The van der Waals surface area contributed by atoms with Gasteiger partial charge in [0.1, 0.15) is 19.0 Å². The molecule has 3 aromatic rings. The van der Waals surface area contributed by atoms with Gasteiger partial charge in [0.15, 0.2) is 11.6 Å². The molecule has 0 aromatic heterocycles. The Balaban J connectivity index is 1.20. The lowest BCUT2D eigenvalue weighted by Gasteiger charge is -2.33. The zero-order valence-corrected chi connectivity index (χ0v) is 22.0. The van der Waals surface area contributed by atoms with Crippen LogP contribution in [0.1, 0.15) is 35.4 Å². The molecule has 0 aliphatic carbocycles. The molecule has 0 bridgehead atoms. The van der Waals surface area contributed by atoms with E-state index in [1.807, 2.05) is 0 Å². The summed E-state index contributed by atoms with van der Waals surface area (Å²) >= 11 is 0. The van der Waals surface area contributed by atoms with Crippen molar-refractivity contribution in [1.29, 1.82) is 0 Å². The second kappa shape index (κ2) is 13.1. The van der Waals surface area contributed by atoms with Gasteiger partial charge in [-0.05, 0) is 60.3 Å². The lowest BCUT2D eigenvalue weighted by Crippen LogP contribution is -2.41. The highest BCUT2D eigenvalue weighted by Gasteiger charge is 2.27. The van der Waals surface area contributed by atoms with E-state index >= 15 is 0 Å². The van der Waals surface area contributed by atoms with Crippen LogP contribution in [0.25, 0.3) is 0 Å². The van der Waals surface area contributed by atoms with Gasteiger partial charge in [-0.2, -0.15) is 0 Å². The van der Waals surface area contributed by atoms with E-state index in [4.69, 9.17) is 18.9 Å². The fourth-order valence-electron chi connectivity index (χ4n) is 5.21. The number of para-hydroxylation sites is 1. The van der Waals surface area contributed by atoms with Crippen LogP contribution in [0, 0.1) is 5.82 Å². The van der Waals surface area contributed by atoms with E-state index in [0.717, 1.165) is 68.2 Å². The van der Waals surface area contributed by atoms with Crippen molar-refractivity contribution in [2.45, 2.75) is 38.1 Å². The van der Waals surface area contributed by atoms with Gasteiger partial charge in [0.2, 0.25) is 0 Å². The fraction of sp³-hybridized carbons (Fsp3) is 0.419. The van der Waals surface area contributed by atoms with Crippen LogP contribution in [0.2, 0.25) is 0 Å². The first-order valence-corrected chi connectivity index (χ1v) is 13.5. The highest BCUT2D eigenvalue weighted by molar-refractivity contribution is 5.61. The third-order valence-electron chi connectivity index (χ3n) is 7.29. The lowest BCUT2D eigenvalue weighted by atomic mass is 9.87. The molecule has 1 fully saturated rings. The molecule has 0 saturated carbocycles. The van der Waals surface area contributed by atoms with Gasteiger partial charge >= 0.3 is 0 Å². The van der Waals surface area contributed by atoms with Gasteiger partial charge in [0, 0.05) is 32.7 Å². The first kappa shape index (κ1) is 26.5. The first-order valence-electron chi connectivity index (χ1n) is 13.5. The monoisotopic (exact) mass is 520 g/mol. The van der Waals surface area contributed by atoms with Gasteiger partial charge in [-0.1, -0.05) is 42.5 Å². The van der Waals surface area contributed by atoms with Gasteiger partial charge in [0.25, 0.3) is 0 Å². The number of ether oxygens (including phenoxy) is 4. The summed E-state index contributed by atoms with van der Waals surface area (Å²) in [5.74, 6) is 1.18. The van der Waals surface area contributed by atoms with Gasteiger partial charge < -0.3 is 29.2 Å². The number of rotatable bonds is 11. The van der Waals surface area contributed by atoms with E-state index in [1.165, 1.54) is 11.6 Å². The molecule has 2 heterocycles. The van der Waals surface area contributed by atoms with Crippen molar-refractivity contribution in [3.63, 3.8) is 0 Å². The Hall–Kier alpha value is -3.13. The Bertz CT molecular complexity index is 1170. The quantitative estimate of drug-likeness (QED) is 0.346. The van der Waals surface area contributed by atoms with Gasteiger partial charge in [-0.3, -0.25) is 0 Å². The van der Waals surface area contributed by atoms with E-state index in [-0.39, 0.29) is 17.7 Å². The zero-order chi connectivity index (χ0) is 26.2. The average molecular weight is 521 g/mol. The van der Waals surface area contributed by atoms with Crippen LogP contribution in [-0.4, -0.2) is 52.6 Å². The number of benzene rings is 3. The highest BCUT2D eigenvalue weighted by Crippen LogP contribution is 2.34. The maximum atomic E-state index is 13.8. The zero-order valence-electron chi connectivity index (χ0n) is 22.0. The van der Waals surface area contributed by atoms with E-state index in [0.29, 0.717) is 25.7 Å². The van der Waals surface area contributed by atoms with Crippen LogP contribution >= 0.6 is 0 Å². The van der Waals surface area contributed by atoms with Crippen molar-refractivity contribution in [2.24, 2.45) is 0 Å². The predicted molar refractivity (Wildman–Crippen MR) is 147 cm³/mol. The van der Waals surface area contributed by atoms with Crippen LogP contribution in [0.3, 0.4) is 0 Å². The molecule has 0 unspecified atom stereocenters. The Labute approximate surface area is 224 Å². The van der Waals surface area contributed by atoms with Crippen molar-refractivity contribution in [3.8, 4) is 11.5 Å². The minimum Gasteiger partial charge on any atom is -0.490 e. The van der Waals surface area contributed by atoms with E-state index in [9.17, 15) is 4.39 Å². The molecule has 7 heteroatoms. The van der Waals surface area contributed by atoms with Crippen LogP contribution in [0.15, 0.2) is 66.7 Å². The number of hydrogen-bond donors (Lipinski definition) is 1. The smallest absolute Gasteiger partial charge is 0.165 e. The molecule has 1 saturated heterocycles. The summed E-state index contributed by atoms with van der Waals surface area (Å²) in [6, 6.07) is 21.3. The van der Waals surface area contributed by atoms with Crippen LogP contribution in [-0.2, 0) is 22.7 Å². The van der Waals surface area contributed by atoms with Crippen molar-refractivity contribution in [2.75, 3.05) is 51.4 Å². The maximum Gasteiger partial charge on any atom is 0.165 e. The number of nitrogens with zero attached hydrogens (tertiary/aromatic N) is 1. The van der Waals surface area contributed by atoms with Crippen LogP contribution in [0.4, 0.5) is 10.1 Å². The number of fused-ring (bicyclic) bond motifs is 1. The van der Waals surface area contributed by atoms with Crippen molar-refractivity contribution >= 4 is 5.69 Å². The highest BCUT2D eigenvalue weighted by atomic mass is 19.1. The van der Waals surface area contributed by atoms with E-state index in [2.05, 4.69) is 52.7 Å². The summed E-state index contributed by atoms with van der Waals surface area (Å²) in [6.07, 6.45) is 2.08. The lowest BCUT2D eigenvalue weighted by molar-refractivity contribution is 0.0106. The standard InChI is InChI=1S/C31H37FN2O4/c1-35-17-4-15-34-16-18-36-30-12-9-24(19-28(30)34)22-38-31-20-33-14-13-26(31)25-10-7-23(8-11-25)21-37-29-6-3-2-5-27(29)32/h2-3,5-12,19,26,31,33H,4,13-18,20-22H2,1H3/t26-,31+/m1/s1. The number of halogens is 1. The van der Waals surface area contributed by atoms with Crippen LogP contribution < -0.4 is 19.7 Å². The maximum absolute atomic E-state index is 13.8. The summed E-state index contributed by atoms with van der Waals surface area (Å²) in [7, 11) is 1.74. The molecule has 2 atom stereocenters. The first-order chi connectivity index (χ1) is 18.7. The number of methoxy groups -OCH3 is 1. The van der Waals surface area contributed by atoms with Gasteiger partial charge in [-0.25, -0.2) is 4.39 Å². The summed E-state index contributed by atoms with van der Waals surface area (Å²) in [5, 5.41) is 3.49. The number of piperidine rings is 1. The Morgan fingerprint density at radius 1 is 1.03 bits per heavy atom. The van der Waals surface area contributed by atoms with E-state index in [1.54, 1.807) is 25.3 Å². The molecule has 6 nitrogen and oxygen atoms in total.